The van der Waals surface area contributed by atoms with Crippen molar-refractivity contribution in [2.75, 3.05) is 0 Å². The van der Waals surface area contributed by atoms with Gasteiger partial charge in [0.2, 0.25) is 0 Å². The Balaban J connectivity index is 1.13. The summed E-state index contributed by atoms with van der Waals surface area (Å²) < 4.78 is 0. The van der Waals surface area contributed by atoms with E-state index in [4.69, 9.17) is 15.0 Å². The minimum atomic E-state index is 0.680. The first kappa shape index (κ1) is 25.6. The second-order valence-electron chi connectivity index (χ2n) is 11.6. The fourth-order valence-electron chi connectivity index (χ4n) is 6.73. The Morgan fingerprint density at radius 2 is 0.956 bits per heavy atom. The lowest BCUT2D eigenvalue weighted by Gasteiger charge is -2.11. The van der Waals surface area contributed by atoms with Gasteiger partial charge in [-0.3, -0.25) is 0 Å². The molecule has 0 radical (unpaired) electrons. The number of rotatable bonds is 4. The molecule has 3 heteroatoms. The molecule has 0 atom stereocenters. The van der Waals surface area contributed by atoms with Crippen LogP contribution in [0.25, 0.3) is 78.0 Å². The third kappa shape index (κ3) is 4.40. The summed E-state index contributed by atoms with van der Waals surface area (Å²) >= 11 is 0. The molecule has 0 amide bonds. The van der Waals surface area contributed by atoms with Crippen LogP contribution >= 0.6 is 0 Å². The molecule has 0 saturated heterocycles. The lowest BCUT2D eigenvalue weighted by Crippen LogP contribution is -2.01. The highest BCUT2D eigenvalue weighted by Gasteiger charge is 2.24. The molecule has 1 aliphatic rings. The maximum atomic E-state index is 5.03. The van der Waals surface area contributed by atoms with E-state index in [-0.39, 0.29) is 0 Å². The van der Waals surface area contributed by atoms with Crippen LogP contribution in [0.15, 0.2) is 152 Å². The molecule has 3 nitrogen and oxygen atoms in total. The molecule has 0 N–H and O–H groups in total. The topological polar surface area (TPSA) is 38.7 Å². The molecule has 0 bridgehead atoms. The summed E-state index contributed by atoms with van der Waals surface area (Å²) in [5.41, 5.74) is 10.6. The van der Waals surface area contributed by atoms with Gasteiger partial charge in [-0.25, -0.2) is 15.0 Å². The fourth-order valence-corrected chi connectivity index (χ4v) is 6.73. The van der Waals surface area contributed by atoms with Gasteiger partial charge in [-0.05, 0) is 67.4 Å². The molecule has 0 fully saturated rings. The van der Waals surface area contributed by atoms with Gasteiger partial charge in [0.1, 0.15) is 0 Å². The molecule has 1 aromatic heterocycles. The van der Waals surface area contributed by atoms with Gasteiger partial charge in [-0.1, -0.05) is 146 Å². The summed E-state index contributed by atoms with van der Waals surface area (Å²) in [5.74, 6) is 2.06. The van der Waals surface area contributed by atoms with Gasteiger partial charge in [-0.15, -0.1) is 0 Å². The van der Waals surface area contributed by atoms with E-state index in [1.165, 1.54) is 54.9 Å². The Hall–Kier alpha value is -5.93. The molecule has 9 rings (SSSR count). The zero-order chi connectivity index (χ0) is 29.7. The monoisotopic (exact) mass is 573 g/mol. The van der Waals surface area contributed by atoms with E-state index in [1.807, 2.05) is 36.4 Å². The van der Waals surface area contributed by atoms with Crippen LogP contribution in [0.5, 0.6) is 0 Å². The molecule has 45 heavy (non-hydrogen) atoms. The van der Waals surface area contributed by atoms with E-state index >= 15 is 0 Å². The van der Waals surface area contributed by atoms with Crippen molar-refractivity contribution in [2.24, 2.45) is 0 Å². The van der Waals surface area contributed by atoms with E-state index in [9.17, 15) is 0 Å². The summed E-state index contributed by atoms with van der Waals surface area (Å²) in [4.78, 5) is 15.0. The van der Waals surface area contributed by atoms with E-state index in [0.717, 1.165) is 23.1 Å². The van der Waals surface area contributed by atoms with Crippen molar-refractivity contribution >= 4 is 21.5 Å². The average molecular weight is 574 g/mol. The summed E-state index contributed by atoms with van der Waals surface area (Å²) in [5, 5.41) is 5.11. The van der Waals surface area contributed by atoms with Crippen molar-refractivity contribution in [3.63, 3.8) is 0 Å². The smallest absolute Gasteiger partial charge is 0.164 e. The predicted octanol–water partition coefficient (Wildman–Crippen LogP) is 10.4. The molecular formula is C42H27N3. The minimum Gasteiger partial charge on any atom is -0.208 e. The second kappa shape index (κ2) is 10.4. The Labute approximate surface area is 261 Å². The van der Waals surface area contributed by atoms with Crippen LogP contribution in [0.1, 0.15) is 11.1 Å². The second-order valence-corrected chi connectivity index (χ2v) is 11.6. The number of hydrogen-bond donors (Lipinski definition) is 0. The molecule has 210 valence electrons. The first-order valence-corrected chi connectivity index (χ1v) is 15.3. The molecule has 0 aliphatic heterocycles. The number of hydrogen-bond acceptors (Lipinski definition) is 3. The van der Waals surface area contributed by atoms with Crippen LogP contribution in [0.2, 0.25) is 0 Å². The Morgan fingerprint density at radius 3 is 1.73 bits per heavy atom. The average Bonchev–Trinajstić information content (AvgIpc) is 3.50. The standard InChI is InChI=1S/C42H27N3/c1-3-11-28(12-4-1)40-43-41(29-13-5-2-6-14-29)45-42(44-40)38-17-9-16-37-36-23-21-31(25-33(36)26-39(37)38)30-20-22-35-32(24-30)19-18-27-10-7-8-15-34(27)35/h1-25H,26H2. The van der Waals surface area contributed by atoms with Gasteiger partial charge in [0.25, 0.3) is 0 Å². The van der Waals surface area contributed by atoms with Crippen molar-refractivity contribution in [3.05, 3.63) is 163 Å². The highest BCUT2D eigenvalue weighted by Crippen LogP contribution is 2.43. The summed E-state index contributed by atoms with van der Waals surface area (Å²) in [6, 6.07) is 53.6. The third-order valence-electron chi connectivity index (χ3n) is 8.96. The maximum absolute atomic E-state index is 5.03. The highest BCUT2D eigenvalue weighted by atomic mass is 15.0. The maximum Gasteiger partial charge on any atom is 0.164 e. The van der Waals surface area contributed by atoms with Crippen LogP contribution in [0.3, 0.4) is 0 Å². The van der Waals surface area contributed by atoms with Crippen molar-refractivity contribution in [2.45, 2.75) is 6.42 Å². The lowest BCUT2D eigenvalue weighted by molar-refractivity contribution is 1.07. The van der Waals surface area contributed by atoms with Gasteiger partial charge in [-0.2, -0.15) is 0 Å². The van der Waals surface area contributed by atoms with Crippen LogP contribution in [0, 0.1) is 0 Å². The first-order chi connectivity index (χ1) is 22.3. The van der Waals surface area contributed by atoms with Gasteiger partial charge in [0.15, 0.2) is 17.5 Å². The SMILES string of the molecule is c1ccc(-c2nc(-c3ccccc3)nc(-c3cccc4c3Cc3cc(-c5ccc6c(ccc7ccccc76)c5)ccc3-4)n2)cc1. The Bertz CT molecular complexity index is 2340. The molecule has 1 heterocycles. The van der Waals surface area contributed by atoms with Crippen LogP contribution in [-0.2, 0) is 6.42 Å². The molecule has 7 aromatic carbocycles. The summed E-state index contributed by atoms with van der Waals surface area (Å²) in [6.45, 7) is 0. The van der Waals surface area contributed by atoms with Crippen molar-refractivity contribution in [1.29, 1.82) is 0 Å². The normalized spacial score (nSPS) is 11.9. The number of benzene rings is 7. The number of fused-ring (bicyclic) bond motifs is 6. The van der Waals surface area contributed by atoms with Crippen LogP contribution in [0.4, 0.5) is 0 Å². The predicted molar refractivity (Wildman–Crippen MR) is 185 cm³/mol. The Kier molecular flexibility index (Phi) is 5.88. The van der Waals surface area contributed by atoms with E-state index < -0.39 is 0 Å². The molecule has 8 aromatic rings. The van der Waals surface area contributed by atoms with Crippen molar-refractivity contribution in [3.8, 4) is 56.4 Å². The molecule has 0 spiro atoms. The van der Waals surface area contributed by atoms with Crippen LogP contribution in [-0.4, -0.2) is 15.0 Å². The third-order valence-corrected chi connectivity index (χ3v) is 8.96. The van der Waals surface area contributed by atoms with Gasteiger partial charge in [0, 0.05) is 16.7 Å². The first-order valence-electron chi connectivity index (χ1n) is 15.3. The van der Waals surface area contributed by atoms with Gasteiger partial charge >= 0.3 is 0 Å². The van der Waals surface area contributed by atoms with Crippen LogP contribution < -0.4 is 0 Å². The lowest BCUT2D eigenvalue weighted by atomic mass is 9.95. The zero-order valence-electron chi connectivity index (χ0n) is 24.5. The quantitative estimate of drug-likeness (QED) is 0.197. The molecular weight excluding hydrogens is 546 g/mol. The minimum absolute atomic E-state index is 0.680. The van der Waals surface area contributed by atoms with E-state index in [2.05, 4.69) is 115 Å². The number of nitrogens with zero attached hydrogens (tertiary/aromatic N) is 3. The molecule has 0 saturated carbocycles. The highest BCUT2D eigenvalue weighted by molar-refractivity contribution is 6.08. The molecule has 0 unspecified atom stereocenters. The largest absolute Gasteiger partial charge is 0.208 e. The summed E-state index contributed by atoms with van der Waals surface area (Å²) in [7, 11) is 0. The van der Waals surface area contributed by atoms with Gasteiger partial charge < -0.3 is 0 Å². The molecule has 1 aliphatic carbocycles. The number of aromatic nitrogens is 3. The zero-order valence-corrected chi connectivity index (χ0v) is 24.5. The van der Waals surface area contributed by atoms with E-state index in [1.54, 1.807) is 0 Å². The van der Waals surface area contributed by atoms with Crippen molar-refractivity contribution in [1.82, 2.24) is 15.0 Å². The summed E-state index contributed by atoms with van der Waals surface area (Å²) in [6.07, 6.45) is 0.833. The fraction of sp³-hybridized carbons (Fsp3) is 0.0238. The Morgan fingerprint density at radius 1 is 0.356 bits per heavy atom. The van der Waals surface area contributed by atoms with E-state index in [0.29, 0.717) is 17.5 Å². The van der Waals surface area contributed by atoms with Gasteiger partial charge in [0.05, 0.1) is 0 Å². The van der Waals surface area contributed by atoms with Crippen molar-refractivity contribution < 1.29 is 0 Å².